The standard InChI is InChI=1S/C17H28N2/c1-4-16(18)17-7-5-6-10-19(17)12-15-9-8-13(2)14(3)11-15/h8-9,11,16-17H,4-7,10,12,18H2,1-3H3. The van der Waals surface area contributed by atoms with Gasteiger partial charge in [0.15, 0.2) is 0 Å². The number of piperidine rings is 1. The predicted octanol–water partition coefficient (Wildman–Crippen LogP) is 3.40. The van der Waals surface area contributed by atoms with Crippen LogP contribution in [-0.4, -0.2) is 23.5 Å². The molecule has 0 aromatic heterocycles. The Morgan fingerprint density at radius 2 is 2.05 bits per heavy atom. The first-order valence-corrected chi connectivity index (χ1v) is 7.67. The fourth-order valence-electron chi connectivity index (χ4n) is 3.11. The van der Waals surface area contributed by atoms with E-state index in [9.17, 15) is 0 Å². The molecule has 0 bridgehead atoms. The molecule has 0 aliphatic carbocycles. The average Bonchev–Trinajstić information content (AvgIpc) is 2.43. The van der Waals surface area contributed by atoms with Gasteiger partial charge in [-0.25, -0.2) is 0 Å². The summed E-state index contributed by atoms with van der Waals surface area (Å²) in [6, 6.07) is 7.74. The van der Waals surface area contributed by atoms with Crippen molar-refractivity contribution >= 4 is 0 Å². The van der Waals surface area contributed by atoms with E-state index in [0.29, 0.717) is 12.1 Å². The largest absolute Gasteiger partial charge is 0.326 e. The van der Waals surface area contributed by atoms with Crippen molar-refractivity contribution in [3.8, 4) is 0 Å². The van der Waals surface area contributed by atoms with E-state index in [1.807, 2.05) is 0 Å². The number of likely N-dealkylation sites (tertiary alicyclic amines) is 1. The molecule has 1 aliphatic rings. The summed E-state index contributed by atoms with van der Waals surface area (Å²) in [6.07, 6.45) is 4.99. The lowest BCUT2D eigenvalue weighted by molar-refractivity contribution is 0.117. The van der Waals surface area contributed by atoms with Crippen molar-refractivity contribution in [1.29, 1.82) is 0 Å². The lowest BCUT2D eigenvalue weighted by Gasteiger charge is -2.39. The van der Waals surface area contributed by atoms with Crippen molar-refractivity contribution in [2.75, 3.05) is 6.54 Å². The molecule has 2 rings (SSSR count). The summed E-state index contributed by atoms with van der Waals surface area (Å²) in [6.45, 7) is 8.83. The molecule has 1 saturated heterocycles. The van der Waals surface area contributed by atoms with Gasteiger partial charge in [0, 0.05) is 18.6 Å². The summed E-state index contributed by atoms with van der Waals surface area (Å²) in [5.41, 5.74) is 10.5. The number of hydrogen-bond acceptors (Lipinski definition) is 2. The normalized spacial score (nSPS) is 22.4. The quantitative estimate of drug-likeness (QED) is 0.899. The SMILES string of the molecule is CCC(N)C1CCCCN1Cc1ccc(C)c(C)c1. The smallest absolute Gasteiger partial charge is 0.0250 e. The van der Waals surface area contributed by atoms with Crippen LogP contribution in [0.2, 0.25) is 0 Å². The Bertz CT molecular complexity index is 414. The average molecular weight is 260 g/mol. The first-order chi connectivity index (χ1) is 9.11. The molecular formula is C17H28N2. The molecule has 1 heterocycles. The zero-order valence-corrected chi connectivity index (χ0v) is 12.7. The fraction of sp³-hybridized carbons (Fsp3) is 0.647. The summed E-state index contributed by atoms with van der Waals surface area (Å²) in [5.74, 6) is 0. The summed E-state index contributed by atoms with van der Waals surface area (Å²) in [4.78, 5) is 2.60. The van der Waals surface area contributed by atoms with Gasteiger partial charge in [-0.3, -0.25) is 4.90 Å². The van der Waals surface area contributed by atoms with Crippen LogP contribution >= 0.6 is 0 Å². The van der Waals surface area contributed by atoms with E-state index in [1.165, 1.54) is 42.5 Å². The highest BCUT2D eigenvalue weighted by Gasteiger charge is 2.26. The number of nitrogens with zero attached hydrogens (tertiary/aromatic N) is 1. The summed E-state index contributed by atoms with van der Waals surface area (Å²) >= 11 is 0. The number of aryl methyl sites for hydroxylation is 2. The van der Waals surface area contributed by atoms with Gasteiger partial charge in [-0.15, -0.1) is 0 Å². The molecule has 19 heavy (non-hydrogen) atoms. The minimum Gasteiger partial charge on any atom is -0.326 e. The van der Waals surface area contributed by atoms with Crippen LogP contribution in [0, 0.1) is 13.8 Å². The van der Waals surface area contributed by atoms with Crippen LogP contribution in [0.5, 0.6) is 0 Å². The van der Waals surface area contributed by atoms with E-state index in [1.54, 1.807) is 0 Å². The van der Waals surface area contributed by atoms with Crippen LogP contribution in [0.3, 0.4) is 0 Å². The van der Waals surface area contributed by atoms with Crippen molar-refractivity contribution in [3.05, 3.63) is 34.9 Å². The Hall–Kier alpha value is -0.860. The van der Waals surface area contributed by atoms with Crippen LogP contribution in [0.4, 0.5) is 0 Å². The maximum absolute atomic E-state index is 6.30. The minimum absolute atomic E-state index is 0.326. The van der Waals surface area contributed by atoms with E-state index in [-0.39, 0.29) is 0 Å². The third-order valence-electron chi connectivity index (χ3n) is 4.59. The maximum Gasteiger partial charge on any atom is 0.0250 e. The zero-order chi connectivity index (χ0) is 13.8. The second-order valence-corrected chi connectivity index (χ2v) is 6.02. The van der Waals surface area contributed by atoms with Crippen molar-refractivity contribution in [2.24, 2.45) is 5.73 Å². The molecule has 0 amide bonds. The molecule has 0 spiro atoms. The second-order valence-electron chi connectivity index (χ2n) is 6.02. The van der Waals surface area contributed by atoms with Crippen molar-refractivity contribution in [3.63, 3.8) is 0 Å². The van der Waals surface area contributed by atoms with Gasteiger partial charge in [0.2, 0.25) is 0 Å². The van der Waals surface area contributed by atoms with Gasteiger partial charge in [0.05, 0.1) is 0 Å². The number of rotatable bonds is 4. The van der Waals surface area contributed by atoms with E-state index < -0.39 is 0 Å². The number of hydrogen-bond donors (Lipinski definition) is 1. The molecule has 1 fully saturated rings. The number of benzene rings is 1. The van der Waals surface area contributed by atoms with Gasteiger partial charge in [-0.2, -0.15) is 0 Å². The highest BCUT2D eigenvalue weighted by molar-refractivity contribution is 5.29. The minimum atomic E-state index is 0.326. The Morgan fingerprint density at radius 3 is 2.74 bits per heavy atom. The maximum atomic E-state index is 6.30. The van der Waals surface area contributed by atoms with E-state index in [2.05, 4.69) is 43.9 Å². The monoisotopic (exact) mass is 260 g/mol. The van der Waals surface area contributed by atoms with Gasteiger partial charge in [0.1, 0.15) is 0 Å². The molecule has 1 aliphatic heterocycles. The molecule has 0 radical (unpaired) electrons. The third-order valence-corrected chi connectivity index (χ3v) is 4.59. The van der Waals surface area contributed by atoms with E-state index in [4.69, 9.17) is 5.73 Å². The topological polar surface area (TPSA) is 29.3 Å². The Labute approximate surface area is 118 Å². The molecular weight excluding hydrogens is 232 g/mol. The lowest BCUT2D eigenvalue weighted by atomic mass is 9.93. The van der Waals surface area contributed by atoms with Crippen LogP contribution < -0.4 is 5.73 Å². The third kappa shape index (κ3) is 3.58. The Balaban J connectivity index is 2.08. The molecule has 2 heteroatoms. The first kappa shape index (κ1) is 14.5. The molecule has 106 valence electrons. The summed E-state index contributed by atoms with van der Waals surface area (Å²) in [5, 5.41) is 0. The predicted molar refractivity (Wildman–Crippen MR) is 82.2 cm³/mol. The van der Waals surface area contributed by atoms with Crippen molar-refractivity contribution in [2.45, 2.75) is 65.1 Å². The van der Waals surface area contributed by atoms with Gasteiger partial charge in [-0.05, 0) is 56.3 Å². The highest BCUT2D eigenvalue weighted by Crippen LogP contribution is 2.23. The molecule has 2 nitrogen and oxygen atoms in total. The van der Waals surface area contributed by atoms with Crippen molar-refractivity contribution in [1.82, 2.24) is 4.90 Å². The zero-order valence-electron chi connectivity index (χ0n) is 12.7. The molecule has 1 aromatic rings. The van der Waals surface area contributed by atoms with Crippen molar-refractivity contribution < 1.29 is 0 Å². The lowest BCUT2D eigenvalue weighted by Crippen LogP contribution is -2.49. The highest BCUT2D eigenvalue weighted by atomic mass is 15.2. The first-order valence-electron chi connectivity index (χ1n) is 7.67. The van der Waals surface area contributed by atoms with Gasteiger partial charge < -0.3 is 5.73 Å². The number of nitrogens with two attached hydrogens (primary N) is 1. The van der Waals surface area contributed by atoms with Crippen LogP contribution in [-0.2, 0) is 6.54 Å². The molecule has 2 atom stereocenters. The van der Waals surface area contributed by atoms with Crippen LogP contribution in [0.1, 0.15) is 49.3 Å². The van der Waals surface area contributed by atoms with Crippen LogP contribution in [0.15, 0.2) is 18.2 Å². The molecule has 2 N–H and O–H groups in total. The molecule has 1 aromatic carbocycles. The Morgan fingerprint density at radius 1 is 1.26 bits per heavy atom. The second kappa shape index (κ2) is 6.53. The fourth-order valence-corrected chi connectivity index (χ4v) is 3.11. The molecule has 2 unspecified atom stereocenters. The summed E-state index contributed by atoms with van der Waals surface area (Å²) in [7, 11) is 0. The van der Waals surface area contributed by atoms with Gasteiger partial charge >= 0.3 is 0 Å². The molecule has 0 saturated carbocycles. The van der Waals surface area contributed by atoms with E-state index >= 15 is 0 Å². The summed E-state index contributed by atoms with van der Waals surface area (Å²) < 4.78 is 0. The van der Waals surface area contributed by atoms with Gasteiger partial charge in [-0.1, -0.05) is 31.5 Å². The van der Waals surface area contributed by atoms with Crippen LogP contribution in [0.25, 0.3) is 0 Å². The van der Waals surface area contributed by atoms with E-state index in [0.717, 1.165) is 13.0 Å². The Kier molecular flexibility index (Phi) is 5.00. The van der Waals surface area contributed by atoms with Gasteiger partial charge in [0.25, 0.3) is 0 Å².